The Bertz CT molecular complexity index is 359. The monoisotopic (exact) mass is 240 g/mol. The Morgan fingerprint density at radius 1 is 1.50 bits per heavy atom. The van der Waals surface area contributed by atoms with E-state index in [9.17, 15) is 5.11 Å². The number of halogens is 1. The predicted molar refractivity (Wildman–Crippen MR) is 64.9 cm³/mol. The van der Waals surface area contributed by atoms with Gasteiger partial charge in [-0.15, -0.1) is 0 Å². The van der Waals surface area contributed by atoms with Crippen LogP contribution in [0.2, 0.25) is 5.02 Å². The fourth-order valence-electron chi connectivity index (χ4n) is 1.84. The van der Waals surface area contributed by atoms with Gasteiger partial charge in [-0.2, -0.15) is 0 Å². The van der Waals surface area contributed by atoms with Gasteiger partial charge in [0.15, 0.2) is 0 Å². The van der Waals surface area contributed by atoms with Crippen molar-refractivity contribution in [2.24, 2.45) is 5.92 Å². The first-order chi connectivity index (χ1) is 7.66. The molecule has 1 N–H and O–H groups in total. The molecule has 88 valence electrons. The molecule has 0 aliphatic heterocycles. The topological polar surface area (TPSA) is 29.5 Å². The number of hydrogen-bond acceptors (Lipinski definition) is 2. The highest BCUT2D eigenvalue weighted by atomic mass is 35.5. The minimum Gasteiger partial charge on any atom is -0.493 e. The molecule has 0 aromatic heterocycles. The minimum absolute atomic E-state index is 0.546. The van der Waals surface area contributed by atoms with Gasteiger partial charge in [0.1, 0.15) is 5.75 Å². The largest absolute Gasteiger partial charge is 0.493 e. The summed E-state index contributed by atoms with van der Waals surface area (Å²) in [6.07, 6.45) is 3.29. The molecule has 1 aliphatic rings. The Kier molecular flexibility index (Phi) is 3.72. The zero-order valence-corrected chi connectivity index (χ0v) is 10.2. The average molecular weight is 241 g/mol. The number of hydrogen-bond donors (Lipinski definition) is 1. The molecule has 2 rings (SSSR count). The summed E-state index contributed by atoms with van der Waals surface area (Å²) < 4.78 is 5.74. The molecule has 1 aliphatic carbocycles. The van der Waals surface area contributed by atoms with Crippen molar-refractivity contribution >= 4 is 11.6 Å². The van der Waals surface area contributed by atoms with Gasteiger partial charge in [-0.25, -0.2) is 0 Å². The van der Waals surface area contributed by atoms with Crippen LogP contribution in [0.1, 0.15) is 37.9 Å². The molecule has 0 unspecified atom stereocenters. The predicted octanol–water partition coefficient (Wildman–Crippen LogP) is 3.57. The van der Waals surface area contributed by atoms with E-state index in [4.69, 9.17) is 16.3 Å². The quantitative estimate of drug-likeness (QED) is 0.872. The standard InChI is InChI=1S/C13H17ClO2/c1-9(15)12-7-11(14)5-6-13(12)16-8-10-3-2-4-10/h5-7,9-10,15H,2-4,8H2,1H3/t9-/m0/s1. The van der Waals surface area contributed by atoms with Crippen LogP contribution in [0.15, 0.2) is 18.2 Å². The van der Waals surface area contributed by atoms with Gasteiger partial charge in [0.25, 0.3) is 0 Å². The molecule has 1 saturated carbocycles. The van der Waals surface area contributed by atoms with Crippen molar-refractivity contribution in [3.63, 3.8) is 0 Å². The average Bonchev–Trinajstić information content (AvgIpc) is 2.17. The summed E-state index contributed by atoms with van der Waals surface area (Å²) in [7, 11) is 0. The molecular formula is C13H17ClO2. The van der Waals surface area contributed by atoms with Crippen molar-refractivity contribution in [1.29, 1.82) is 0 Å². The maximum Gasteiger partial charge on any atom is 0.125 e. The van der Waals surface area contributed by atoms with Crippen molar-refractivity contribution in [2.45, 2.75) is 32.3 Å². The molecule has 0 bridgehead atoms. The second kappa shape index (κ2) is 5.07. The molecular weight excluding hydrogens is 224 g/mol. The van der Waals surface area contributed by atoms with Crippen LogP contribution in [-0.2, 0) is 0 Å². The first-order valence-electron chi connectivity index (χ1n) is 5.77. The third-order valence-electron chi connectivity index (χ3n) is 3.12. The highest BCUT2D eigenvalue weighted by Gasteiger charge is 2.19. The van der Waals surface area contributed by atoms with Crippen LogP contribution in [0.5, 0.6) is 5.75 Å². The highest BCUT2D eigenvalue weighted by molar-refractivity contribution is 6.30. The molecule has 1 atom stereocenters. The molecule has 0 heterocycles. The fraction of sp³-hybridized carbons (Fsp3) is 0.538. The molecule has 0 saturated heterocycles. The summed E-state index contributed by atoms with van der Waals surface area (Å²) in [5, 5.41) is 10.3. The molecule has 0 amide bonds. The normalized spacial score (nSPS) is 17.9. The van der Waals surface area contributed by atoms with Crippen molar-refractivity contribution < 1.29 is 9.84 Å². The van der Waals surface area contributed by atoms with Gasteiger partial charge in [0.2, 0.25) is 0 Å². The lowest BCUT2D eigenvalue weighted by molar-refractivity contribution is 0.164. The highest BCUT2D eigenvalue weighted by Crippen LogP contribution is 2.31. The van der Waals surface area contributed by atoms with Crippen LogP contribution in [0.25, 0.3) is 0 Å². The van der Waals surface area contributed by atoms with Gasteiger partial charge in [-0.05, 0) is 43.9 Å². The Labute approximate surface area is 101 Å². The van der Waals surface area contributed by atoms with E-state index < -0.39 is 6.10 Å². The number of aliphatic hydroxyl groups excluding tert-OH is 1. The first-order valence-corrected chi connectivity index (χ1v) is 6.15. The van der Waals surface area contributed by atoms with Crippen molar-refractivity contribution in [1.82, 2.24) is 0 Å². The molecule has 1 aromatic carbocycles. The zero-order chi connectivity index (χ0) is 11.5. The van der Waals surface area contributed by atoms with Crippen LogP contribution < -0.4 is 4.74 Å². The molecule has 0 radical (unpaired) electrons. The summed E-state index contributed by atoms with van der Waals surface area (Å²) in [5.41, 5.74) is 0.770. The van der Waals surface area contributed by atoms with E-state index in [1.807, 2.05) is 6.07 Å². The summed E-state index contributed by atoms with van der Waals surface area (Å²) in [6, 6.07) is 5.40. The number of rotatable bonds is 4. The van der Waals surface area contributed by atoms with E-state index in [1.54, 1.807) is 19.1 Å². The first kappa shape index (κ1) is 11.7. The second-order valence-electron chi connectivity index (χ2n) is 4.47. The summed E-state index contributed by atoms with van der Waals surface area (Å²) >= 11 is 5.90. The Balaban J connectivity index is 2.05. The van der Waals surface area contributed by atoms with E-state index in [2.05, 4.69) is 0 Å². The molecule has 2 nitrogen and oxygen atoms in total. The van der Waals surface area contributed by atoms with Crippen LogP contribution in [0, 0.1) is 5.92 Å². The summed E-state index contributed by atoms with van der Waals surface area (Å²) in [5.74, 6) is 1.45. The number of benzene rings is 1. The SMILES string of the molecule is C[C@H](O)c1cc(Cl)ccc1OCC1CCC1. The van der Waals surface area contributed by atoms with E-state index in [0.717, 1.165) is 17.9 Å². The maximum absolute atomic E-state index is 9.63. The van der Waals surface area contributed by atoms with Gasteiger partial charge in [0.05, 0.1) is 12.7 Å². The lowest BCUT2D eigenvalue weighted by Gasteiger charge is -2.26. The Hall–Kier alpha value is -0.730. The van der Waals surface area contributed by atoms with Crippen LogP contribution in [0.3, 0.4) is 0 Å². The molecule has 16 heavy (non-hydrogen) atoms. The molecule has 0 spiro atoms. The maximum atomic E-state index is 9.63. The molecule has 3 heteroatoms. The van der Waals surface area contributed by atoms with Crippen LogP contribution in [0.4, 0.5) is 0 Å². The Morgan fingerprint density at radius 2 is 2.25 bits per heavy atom. The van der Waals surface area contributed by atoms with Crippen molar-refractivity contribution in [2.75, 3.05) is 6.61 Å². The number of ether oxygens (including phenoxy) is 1. The molecule has 1 aromatic rings. The molecule has 1 fully saturated rings. The van der Waals surface area contributed by atoms with E-state index in [1.165, 1.54) is 19.3 Å². The van der Waals surface area contributed by atoms with Crippen LogP contribution in [-0.4, -0.2) is 11.7 Å². The van der Waals surface area contributed by atoms with Crippen molar-refractivity contribution in [3.8, 4) is 5.75 Å². The Morgan fingerprint density at radius 3 is 2.81 bits per heavy atom. The third kappa shape index (κ3) is 2.69. The van der Waals surface area contributed by atoms with Gasteiger partial charge in [-0.1, -0.05) is 18.0 Å². The second-order valence-corrected chi connectivity index (χ2v) is 4.90. The number of aliphatic hydroxyl groups is 1. The summed E-state index contributed by atoms with van der Waals surface area (Å²) in [6.45, 7) is 2.48. The minimum atomic E-state index is -0.546. The van der Waals surface area contributed by atoms with Gasteiger partial charge in [0, 0.05) is 10.6 Å². The van der Waals surface area contributed by atoms with Gasteiger partial charge in [-0.3, -0.25) is 0 Å². The lowest BCUT2D eigenvalue weighted by Crippen LogP contribution is -2.19. The van der Waals surface area contributed by atoms with Gasteiger partial charge < -0.3 is 9.84 Å². The van der Waals surface area contributed by atoms with Gasteiger partial charge >= 0.3 is 0 Å². The van der Waals surface area contributed by atoms with Crippen LogP contribution >= 0.6 is 11.6 Å². The smallest absolute Gasteiger partial charge is 0.125 e. The third-order valence-corrected chi connectivity index (χ3v) is 3.36. The fourth-order valence-corrected chi connectivity index (χ4v) is 2.02. The van der Waals surface area contributed by atoms with E-state index >= 15 is 0 Å². The zero-order valence-electron chi connectivity index (χ0n) is 9.45. The van der Waals surface area contributed by atoms with E-state index in [-0.39, 0.29) is 0 Å². The van der Waals surface area contributed by atoms with E-state index in [0.29, 0.717) is 10.9 Å². The summed E-state index contributed by atoms with van der Waals surface area (Å²) in [4.78, 5) is 0. The lowest BCUT2D eigenvalue weighted by atomic mass is 9.86. The van der Waals surface area contributed by atoms with Crippen molar-refractivity contribution in [3.05, 3.63) is 28.8 Å².